The van der Waals surface area contributed by atoms with E-state index in [0.717, 1.165) is 23.4 Å². The van der Waals surface area contributed by atoms with Crippen LogP contribution >= 0.6 is 23.2 Å². The van der Waals surface area contributed by atoms with Gasteiger partial charge in [-0.1, -0.05) is 11.6 Å². The first-order valence-electron chi connectivity index (χ1n) is 6.54. The SMILES string of the molecule is O=C1CCC(n2c(CCCl)nc3cc(Cl)cnc32)CN1. The van der Waals surface area contributed by atoms with E-state index < -0.39 is 0 Å². The molecule has 1 amide bonds. The smallest absolute Gasteiger partial charge is 0.220 e. The Labute approximate surface area is 126 Å². The molecule has 7 heteroatoms. The molecule has 2 aromatic rings. The van der Waals surface area contributed by atoms with Gasteiger partial charge in [0.15, 0.2) is 5.65 Å². The molecule has 3 heterocycles. The van der Waals surface area contributed by atoms with Crippen molar-refractivity contribution in [2.75, 3.05) is 12.4 Å². The van der Waals surface area contributed by atoms with E-state index >= 15 is 0 Å². The van der Waals surface area contributed by atoms with Gasteiger partial charge in [-0.2, -0.15) is 0 Å². The second-order valence-corrected chi connectivity index (χ2v) is 5.64. The number of carbonyl (C=O) groups is 1. The fraction of sp³-hybridized carbons (Fsp3) is 0.462. The molecule has 20 heavy (non-hydrogen) atoms. The van der Waals surface area contributed by atoms with Crippen molar-refractivity contribution in [3.8, 4) is 0 Å². The molecule has 1 unspecified atom stereocenters. The van der Waals surface area contributed by atoms with Crippen molar-refractivity contribution < 1.29 is 4.79 Å². The van der Waals surface area contributed by atoms with Crippen LogP contribution in [0.1, 0.15) is 24.7 Å². The molecule has 0 spiro atoms. The van der Waals surface area contributed by atoms with Crippen molar-refractivity contribution in [3.05, 3.63) is 23.1 Å². The van der Waals surface area contributed by atoms with Crippen LogP contribution in [0.25, 0.3) is 11.2 Å². The summed E-state index contributed by atoms with van der Waals surface area (Å²) in [6.07, 6.45) is 3.60. The van der Waals surface area contributed by atoms with Crippen LogP contribution in [0.2, 0.25) is 5.02 Å². The van der Waals surface area contributed by atoms with Gasteiger partial charge in [-0.15, -0.1) is 11.6 Å². The van der Waals surface area contributed by atoms with Gasteiger partial charge in [-0.3, -0.25) is 4.79 Å². The third kappa shape index (κ3) is 2.47. The number of piperidine rings is 1. The first-order valence-corrected chi connectivity index (χ1v) is 7.45. The molecule has 1 fully saturated rings. The molecule has 1 N–H and O–H groups in total. The second kappa shape index (κ2) is 5.58. The molecule has 0 aromatic carbocycles. The summed E-state index contributed by atoms with van der Waals surface area (Å²) in [7, 11) is 0. The lowest BCUT2D eigenvalue weighted by molar-refractivity contribution is -0.122. The number of rotatable bonds is 3. The number of amides is 1. The van der Waals surface area contributed by atoms with E-state index in [1.807, 2.05) is 0 Å². The van der Waals surface area contributed by atoms with Crippen molar-refractivity contribution in [1.82, 2.24) is 19.9 Å². The summed E-state index contributed by atoms with van der Waals surface area (Å²) in [6, 6.07) is 1.98. The summed E-state index contributed by atoms with van der Waals surface area (Å²) in [5.74, 6) is 1.49. The highest BCUT2D eigenvalue weighted by atomic mass is 35.5. The fourth-order valence-corrected chi connectivity index (χ4v) is 2.91. The van der Waals surface area contributed by atoms with Gasteiger partial charge in [0.2, 0.25) is 5.91 Å². The van der Waals surface area contributed by atoms with Crippen molar-refractivity contribution in [2.24, 2.45) is 0 Å². The number of aryl methyl sites for hydroxylation is 1. The summed E-state index contributed by atoms with van der Waals surface area (Å²) in [5, 5.41) is 3.46. The number of halogens is 2. The summed E-state index contributed by atoms with van der Waals surface area (Å²) in [4.78, 5) is 20.3. The molecule has 0 saturated carbocycles. The minimum absolute atomic E-state index is 0.0977. The number of pyridine rings is 1. The molecule has 2 aromatic heterocycles. The number of fused-ring (bicyclic) bond motifs is 1. The predicted octanol–water partition coefficient (Wildman–Crippen LogP) is 2.32. The van der Waals surface area contributed by atoms with Gasteiger partial charge in [0.05, 0.1) is 11.1 Å². The van der Waals surface area contributed by atoms with Gasteiger partial charge in [-0.25, -0.2) is 9.97 Å². The second-order valence-electron chi connectivity index (χ2n) is 4.83. The normalized spacial score (nSPS) is 19.3. The number of nitrogens with zero attached hydrogens (tertiary/aromatic N) is 3. The molecular weight excluding hydrogens is 299 g/mol. The zero-order valence-electron chi connectivity index (χ0n) is 10.8. The average Bonchev–Trinajstić information content (AvgIpc) is 2.77. The zero-order chi connectivity index (χ0) is 14.1. The average molecular weight is 313 g/mol. The van der Waals surface area contributed by atoms with Gasteiger partial charge in [0.25, 0.3) is 0 Å². The summed E-state index contributed by atoms with van der Waals surface area (Å²) >= 11 is 11.8. The van der Waals surface area contributed by atoms with E-state index in [4.69, 9.17) is 23.2 Å². The zero-order valence-corrected chi connectivity index (χ0v) is 12.3. The highest BCUT2D eigenvalue weighted by Crippen LogP contribution is 2.26. The van der Waals surface area contributed by atoms with Crippen molar-refractivity contribution in [1.29, 1.82) is 0 Å². The highest BCUT2D eigenvalue weighted by molar-refractivity contribution is 6.31. The minimum atomic E-state index is 0.0977. The molecule has 5 nitrogen and oxygen atoms in total. The molecule has 1 aliphatic rings. The topological polar surface area (TPSA) is 59.8 Å². The fourth-order valence-electron chi connectivity index (χ4n) is 2.59. The van der Waals surface area contributed by atoms with Gasteiger partial charge >= 0.3 is 0 Å². The number of alkyl halides is 1. The van der Waals surface area contributed by atoms with Crippen molar-refractivity contribution in [3.63, 3.8) is 0 Å². The van der Waals surface area contributed by atoms with E-state index in [-0.39, 0.29) is 11.9 Å². The van der Waals surface area contributed by atoms with Crippen LogP contribution in [-0.2, 0) is 11.2 Å². The lowest BCUT2D eigenvalue weighted by Gasteiger charge is -2.25. The van der Waals surface area contributed by atoms with Crippen molar-refractivity contribution >= 4 is 40.3 Å². The number of nitrogens with one attached hydrogen (secondary N) is 1. The van der Waals surface area contributed by atoms with Gasteiger partial charge < -0.3 is 9.88 Å². The molecule has 106 valence electrons. The van der Waals surface area contributed by atoms with Crippen LogP contribution in [0.4, 0.5) is 0 Å². The van der Waals surface area contributed by atoms with E-state index in [0.29, 0.717) is 30.3 Å². The molecule has 1 saturated heterocycles. The van der Waals surface area contributed by atoms with Gasteiger partial charge in [0, 0.05) is 31.5 Å². The van der Waals surface area contributed by atoms with Gasteiger partial charge in [0.1, 0.15) is 11.3 Å². The van der Waals surface area contributed by atoms with Crippen LogP contribution in [0.3, 0.4) is 0 Å². The number of carbonyl (C=O) groups excluding carboxylic acids is 1. The van der Waals surface area contributed by atoms with Crippen LogP contribution in [0.5, 0.6) is 0 Å². The first kappa shape index (κ1) is 13.6. The number of hydrogen-bond acceptors (Lipinski definition) is 3. The Balaban J connectivity index is 2.06. The highest BCUT2D eigenvalue weighted by Gasteiger charge is 2.24. The number of hydrogen-bond donors (Lipinski definition) is 1. The Morgan fingerprint density at radius 1 is 1.50 bits per heavy atom. The Morgan fingerprint density at radius 3 is 3.05 bits per heavy atom. The van der Waals surface area contributed by atoms with E-state index in [1.165, 1.54) is 0 Å². The molecule has 3 rings (SSSR count). The Bertz CT molecular complexity index is 645. The van der Waals surface area contributed by atoms with Crippen LogP contribution < -0.4 is 5.32 Å². The number of imidazole rings is 1. The van der Waals surface area contributed by atoms with Gasteiger partial charge in [-0.05, 0) is 12.5 Å². The van der Waals surface area contributed by atoms with Crippen LogP contribution in [-0.4, -0.2) is 32.9 Å². The summed E-state index contributed by atoms with van der Waals surface area (Å²) < 4.78 is 2.09. The van der Waals surface area contributed by atoms with E-state index in [1.54, 1.807) is 12.3 Å². The maximum atomic E-state index is 11.3. The number of aromatic nitrogens is 3. The predicted molar refractivity (Wildman–Crippen MR) is 78.2 cm³/mol. The molecule has 0 aliphatic carbocycles. The first-order chi connectivity index (χ1) is 9.69. The standard InChI is InChI=1S/C13H14Cl2N4O/c14-4-3-11-18-10-5-8(15)6-17-13(10)19(11)9-1-2-12(20)16-7-9/h5-6,9H,1-4,7H2,(H,16,20). The maximum absolute atomic E-state index is 11.3. The molecule has 1 aliphatic heterocycles. The van der Waals surface area contributed by atoms with E-state index in [2.05, 4.69) is 19.9 Å². The minimum Gasteiger partial charge on any atom is -0.354 e. The summed E-state index contributed by atoms with van der Waals surface area (Å²) in [5.41, 5.74) is 1.57. The molecule has 0 radical (unpaired) electrons. The summed E-state index contributed by atoms with van der Waals surface area (Å²) in [6.45, 7) is 0.601. The van der Waals surface area contributed by atoms with Crippen molar-refractivity contribution in [2.45, 2.75) is 25.3 Å². The lowest BCUT2D eigenvalue weighted by Crippen LogP contribution is -2.36. The maximum Gasteiger partial charge on any atom is 0.220 e. The Hall–Kier alpha value is -1.33. The molecule has 1 atom stereocenters. The third-order valence-electron chi connectivity index (χ3n) is 3.49. The largest absolute Gasteiger partial charge is 0.354 e. The van der Waals surface area contributed by atoms with E-state index in [9.17, 15) is 4.79 Å². The molecular formula is C13H14Cl2N4O. The van der Waals surface area contributed by atoms with Crippen LogP contribution in [0.15, 0.2) is 12.3 Å². The monoisotopic (exact) mass is 312 g/mol. The molecule has 0 bridgehead atoms. The lowest BCUT2D eigenvalue weighted by atomic mass is 10.1. The van der Waals surface area contributed by atoms with Crippen LogP contribution in [0, 0.1) is 0 Å². The Kier molecular flexibility index (Phi) is 3.81. The Morgan fingerprint density at radius 2 is 2.35 bits per heavy atom. The third-order valence-corrected chi connectivity index (χ3v) is 3.89. The quantitative estimate of drug-likeness (QED) is 0.885.